The van der Waals surface area contributed by atoms with E-state index in [-0.39, 0.29) is 31.9 Å². The van der Waals surface area contributed by atoms with Crippen LogP contribution in [0.1, 0.15) is 39.9 Å². The number of hydrogen-bond acceptors (Lipinski definition) is 2. The third-order valence-electron chi connectivity index (χ3n) is 5.50. The molecule has 2 aromatic rings. The average molecular weight is 492 g/mol. The largest absolute Gasteiger partial charge is 0.416 e. The number of carbonyl (C=O) groups excluding carboxylic acids is 2. The summed E-state index contributed by atoms with van der Waals surface area (Å²) in [5.41, 5.74) is 0.466. The van der Waals surface area contributed by atoms with Crippen LogP contribution >= 0.6 is 11.6 Å². The molecule has 2 aromatic carbocycles. The van der Waals surface area contributed by atoms with E-state index in [1.54, 1.807) is 30.7 Å². The van der Waals surface area contributed by atoms with E-state index in [1.165, 1.54) is 0 Å². The maximum Gasteiger partial charge on any atom is 0.416 e. The Balaban J connectivity index is 2.09. The van der Waals surface area contributed by atoms with Crippen molar-refractivity contribution in [3.63, 3.8) is 0 Å². The zero-order valence-electron chi connectivity index (χ0n) is 16.9. The molecule has 1 fully saturated rings. The highest BCUT2D eigenvalue weighted by Gasteiger charge is 2.47. The molecule has 1 aliphatic heterocycles. The minimum absolute atomic E-state index is 0.0121. The number of likely N-dealkylation sites (tertiary alicyclic amines) is 1. The van der Waals surface area contributed by atoms with Gasteiger partial charge in [0.15, 0.2) is 0 Å². The zero-order valence-corrected chi connectivity index (χ0v) is 17.7. The molecular formula is C22H18ClF6N2O2. The highest BCUT2D eigenvalue weighted by atomic mass is 35.5. The van der Waals surface area contributed by atoms with E-state index >= 15 is 0 Å². The number of nitrogens with zero attached hydrogens (tertiary/aromatic N) is 1. The fraction of sp³-hybridized carbons (Fsp3) is 0.318. The van der Waals surface area contributed by atoms with Gasteiger partial charge >= 0.3 is 12.4 Å². The van der Waals surface area contributed by atoms with Gasteiger partial charge in [-0.1, -0.05) is 23.7 Å². The van der Waals surface area contributed by atoms with Gasteiger partial charge in [0.2, 0.25) is 5.91 Å². The van der Waals surface area contributed by atoms with E-state index in [0.29, 0.717) is 22.7 Å². The van der Waals surface area contributed by atoms with Crippen LogP contribution in [0.2, 0.25) is 5.02 Å². The molecule has 0 bridgehead atoms. The van der Waals surface area contributed by atoms with Gasteiger partial charge in [0, 0.05) is 23.6 Å². The highest BCUT2D eigenvalue weighted by molar-refractivity contribution is 6.30. The summed E-state index contributed by atoms with van der Waals surface area (Å²) in [6, 6.07) is 6.93. The summed E-state index contributed by atoms with van der Waals surface area (Å²) in [4.78, 5) is 26.8. The van der Waals surface area contributed by atoms with Gasteiger partial charge in [0.1, 0.15) is 5.54 Å². The fourth-order valence-electron chi connectivity index (χ4n) is 3.84. The molecule has 1 heterocycles. The second-order valence-electron chi connectivity index (χ2n) is 7.73. The molecule has 4 nitrogen and oxygen atoms in total. The first-order valence-corrected chi connectivity index (χ1v) is 10.1. The van der Waals surface area contributed by atoms with E-state index in [9.17, 15) is 35.9 Å². The van der Waals surface area contributed by atoms with Crippen LogP contribution in [0.5, 0.6) is 0 Å². The van der Waals surface area contributed by atoms with Crippen molar-refractivity contribution in [1.29, 1.82) is 0 Å². The molecule has 0 spiro atoms. The lowest BCUT2D eigenvalue weighted by Crippen LogP contribution is -2.63. The highest BCUT2D eigenvalue weighted by Crippen LogP contribution is 2.38. The minimum Gasteiger partial charge on any atom is -0.368 e. The van der Waals surface area contributed by atoms with Gasteiger partial charge in [0.05, 0.1) is 11.1 Å². The van der Waals surface area contributed by atoms with Crippen LogP contribution in [0.15, 0.2) is 42.5 Å². The quantitative estimate of drug-likeness (QED) is 0.591. The van der Waals surface area contributed by atoms with Crippen molar-refractivity contribution in [2.75, 3.05) is 6.54 Å². The number of nitrogens with two attached hydrogens (primary N) is 1. The molecule has 33 heavy (non-hydrogen) atoms. The minimum atomic E-state index is -5.12. The normalized spacial score (nSPS) is 19.4. The van der Waals surface area contributed by atoms with E-state index in [4.69, 9.17) is 17.3 Å². The third-order valence-corrected chi connectivity index (χ3v) is 5.76. The maximum absolute atomic E-state index is 13.3. The Morgan fingerprint density at radius 1 is 0.970 bits per heavy atom. The number of alkyl halides is 6. The van der Waals surface area contributed by atoms with Crippen LogP contribution in [0.25, 0.3) is 0 Å². The van der Waals surface area contributed by atoms with Gasteiger partial charge in [-0.2, -0.15) is 26.3 Å². The topological polar surface area (TPSA) is 63.4 Å². The maximum atomic E-state index is 13.3. The molecular weight excluding hydrogens is 474 g/mol. The third kappa shape index (κ3) is 5.26. The predicted octanol–water partition coefficient (Wildman–Crippen LogP) is 5.28. The van der Waals surface area contributed by atoms with E-state index in [1.807, 2.05) is 0 Å². The summed E-state index contributed by atoms with van der Waals surface area (Å²) in [5.74, 6) is -2.07. The Morgan fingerprint density at radius 2 is 1.52 bits per heavy atom. The number of primary amides is 1. The second kappa shape index (κ2) is 8.89. The molecule has 0 saturated carbocycles. The lowest BCUT2D eigenvalue weighted by atomic mass is 9.80. The van der Waals surface area contributed by atoms with Crippen molar-refractivity contribution < 1.29 is 35.9 Å². The summed E-state index contributed by atoms with van der Waals surface area (Å²) in [7, 11) is 0. The molecule has 11 heteroatoms. The van der Waals surface area contributed by atoms with Crippen molar-refractivity contribution in [1.82, 2.24) is 4.90 Å². The SMILES string of the molecule is NC(=O)C1(Cc2ccc(Cl)cc2)C[CH]CCN1C(=O)c1cc(C(F)(F)F)cc(C(F)(F)F)c1. The summed E-state index contributed by atoms with van der Waals surface area (Å²) in [6.45, 7) is -0.104. The van der Waals surface area contributed by atoms with Gasteiger partial charge in [-0.05, 0) is 55.2 Å². The van der Waals surface area contributed by atoms with Crippen LogP contribution < -0.4 is 5.73 Å². The summed E-state index contributed by atoms with van der Waals surface area (Å²) >= 11 is 5.87. The summed E-state index contributed by atoms with van der Waals surface area (Å²) < 4.78 is 79.6. The summed E-state index contributed by atoms with van der Waals surface area (Å²) in [5, 5.41) is 0.415. The van der Waals surface area contributed by atoms with Crippen molar-refractivity contribution in [3.05, 3.63) is 76.2 Å². The Labute approximate surface area is 190 Å². The Morgan fingerprint density at radius 3 is 2.00 bits per heavy atom. The molecule has 3 rings (SSSR count). The van der Waals surface area contributed by atoms with Crippen LogP contribution in [0.4, 0.5) is 26.3 Å². The molecule has 1 atom stereocenters. The lowest BCUT2D eigenvalue weighted by molar-refractivity contribution is -0.143. The van der Waals surface area contributed by atoms with Crippen LogP contribution in [-0.2, 0) is 23.6 Å². The van der Waals surface area contributed by atoms with E-state index < -0.39 is 46.4 Å². The molecule has 1 aliphatic rings. The average Bonchev–Trinajstić information content (AvgIpc) is 2.73. The monoisotopic (exact) mass is 491 g/mol. The lowest BCUT2D eigenvalue weighted by Gasteiger charge is -2.45. The van der Waals surface area contributed by atoms with Crippen molar-refractivity contribution in [3.8, 4) is 0 Å². The van der Waals surface area contributed by atoms with Crippen molar-refractivity contribution in [2.45, 2.75) is 37.2 Å². The number of amides is 2. The second-order valence-corrected chi connectivity index (χ2v) is 8.17. The van der Waals surface area contributed by atoms with Gasteiger partial charge in [-0.25, -0.2) is 0 Å². The van der Waals surface area contributed by atoms with Gasteiger partial charge < -0.3 is 10.6 Å². The molecule has 177 valence electrons. The number of halogens is 7. The molecule has 0 aliphatic carbocycles. The van der Waals surface area contributed by atoms with Crippen LogP contribution in [0.3, 0.4) is 0 Å². The van der Waals surface area contributed by atoms with E-state index in [0.717, 1.165) is 4.90 Å². The van der Waals surface area contributed by atoms with Crippen molar-refractivity contribution >= 4 is 23.4 Å². The Hall–Kier alpha value is -2.75. The Kier molecular flexibility index (Phi) is 6.70. The van der Waals surface area contributed by atoms with Crippen molar-refractivity contribution in [2.24, 2.45) is 5.73 Å². The molecule has 0 aromatic heterocycles. The standard InChI is InChI=1S/C22H18ClF6N2O2/c23-17-5-3-13(4-6-17)12-20(19(30)33)7-1-2-8-31(20)18(32)14-9-15(21(24,25)26)11-16(10-14)22(27,28)29/h1,3-6,9-11H,2,7-8,12H2,(H2,30,33). The predicted molar refractivity (Wildman–Crippen MR) is 108 cm³/mol. The number of piperidine rings is 1. The first-order valence-electron chi connectivity index (χ1n) is 9.71. The van der Waals surface area contributed by atoms with Gasteiger partial charge in [0.25, 0.3) is 5.91 Å². The van der Waals surface area contributed by atoms with E-state index in [2.05, 4.69) is 0 Å². The number of rotatable bonds is 4. The smallest absolute Gasteiger partial charge is 0.368 e. The summed E-state index contributed by atoms with van der Waals surface area (Å²) in [6.07, 6.45) is -8.34. The first kappa shape index (κ1) is 24.9. The van der Waals surface area contributed by atoms with Gasteiger partial charge in [-0.3, -0.25) is 9.59 Å². The van der Waals surface area contributed by atoms with Crippen LogP contribution in [-0.4, -0.2) is 28.8 Å². The molecule has 1 saturated heterocycles. The molecule has 2 amide bonds. The fourth-order valence-corrected chi connectivity index (χ4v) is 3.97. The van der Waals surface area contributed by atoms with Gasteiger partial charge in [-0.15, -0.1) is 0 Å². The number of hydrogen-bond donors (Lipinski definition) is 1. The first-order chi connectivity index (χ1) is 15.2. The molecule has 1 radical (unpaired) electrons. The molecule has 1 unspecified atom stereocenters. The molecule has 2 N–H and O–H groups in total. The van der Waals surface area contributed by atoms with Crippen LogP contribution in [0, 0.1) is 6.42 Å². The number of benzene rings is 2. The zero-order chi connectivity index (χ0) is 24.6. The Bertz CT molecular complexity index is 1020. The number of carbonyl (C=O) groups is 2.